The van der Waals surface area contributed by atoms with Crippen molar-refractivity contribution >= 4 is 22.5 Å². The molecule has 0 radical (unpaired) electrons. The number of fused-ring (bicyclic) bond motifs is 2. The molecule has 1 aromatic carbocycles. The number of carbonyl (C=O) groups excluding carboxylic acids is 1. The lowest BCUT2D eigenvalue weighted by Crippen LogP contribution is -2.41. The molecule has 0 spiro atoms. The number of aromatic nitrogens is 3. The molecule has 1 aliphatic rings. The number of amides is 1. The van der Waals surface area contributed by atoms with Crippen molar-refractivity contribution in [2.45, 2.75) is 50.8 Å². The smallest absolute Gasteiger partial charge is 0.270 e. The van der Waals surface area contributed by atoms with Gasteiger partial charge in [0.15, 0.2) is 0 Å². The van der Waals surface area contributed by atoms with Gasteiger partial charge in [0.2, 0.25) is 0 Å². The minimum atomic E-state index is -0.582. The number of nitrogens with one attached hydrogen (secondary N) is 3. The lowest BCUT2D eigenvalue weighted by atomic mass is 9.85. The first-order valence-corrected chi connectivity index (χ1v) is 11.8. The first-order valence-electron chi connectivity index (χ1n) is 11.8. The second-order valence-corrected chi connectivity index (χ2v) is 9.20. The number of carbonyl (C=O) groups is 1. The summed E-state index contributed by atoms with van der Waals surface area (Å²) < 4.78 is 1.40. The van der Waals surface area contributed by atoms with Crippen LogP contribution in [0.3, 0.4) is 0 Å². The van der Waals surface area contributed by atoms with E-state index in [0.717, 1.165) is 47.8 Å². The number of hydrogen-bond donors (Lipinski definition) is 4. The molecule has 1 saturated carbocycles. The molecule has 8 heteroatoms. The number of hydrogen-bond acceptors (Lipinski definition) is 5. The average Bonchev–Trinajstić information content (AvgIpc) is 3.25. The molecule has 0 atom stereocenters. The van der Waals surface area contributed by atoms with E-state index in [1.807, 2.05) is 18.2 Å². The number of pyridine rings is 1. The van der Waals surface area contributed by atoms with Gasteiger partial charge in [0, 0.05) is 43.1 Å². The summed E-state index contributed by atoms with van der Waals surface area (Å²) >= 11 is 0. The maximum Gasteiger partial charge on any atom is 0.270 e. The minimum Gasteiger partial charge on any atom is -0.389 e. The number of H-pyrrole nitrogens is 1. The van der Waals surface area contributed by atoms with E-state index in [-0.39, 0.29) is 17.2 Å². The molecule has 0 saturated heterocycles. The minimum absolute atomic E-state index is 0.102. The monoisotopic (exact) mass is 459 g/mol. The zero-order valence-corrected chi connectivity index (χ0v) is 19.0. The number of nitrogens with zero attached hydrogens (tertiary/aromatic N) is 2. The second kappa shape index (κ2) is 9.40. The van der Waals surface area contributed by atoms with Gasteiger partial charge in [-0.25, -0.2) is 4.98 Å². The van der Waals surface area contributed by atoms with Crippen LogP contribution in [0.2, 0.25) is 0 Å². The van der Waals surface area contributed by atoms with Gasteiger partial charge < -0.3 is 20.7 Å². The summed E-state index contributed by atoms with van der Waals surface area (Å²) in [4.78, 5) is 32.5. The van der Waals surface area contributed by atoms with Crippen molar-refractivity contribution in [3.8, 4) is 0 Å². The summed E-state index contributed by atoms with van der Waals surface area (Å²) in [5.41, 5.74) is 2.64. The van der Waals surface area contributed by atoms with Crippen LogP contribution in [0, 0.1) is 0 Å². The fraction of sp³-hybridized carbons (Fsp3) is 0.346. The van der Waals surface area contributed by atoms with Crippen molar-refractivity contribution in [1.29, 1.82) is 0 Å². The second-order valence-electron chi connectivity index (χ2n) is 9.20. The van der Waals surface area contributed by atoms with Gasteiger partial charge in [-0.2, -0.15) is 0 Å². The fourth-order valence-electron chi connectivity index (χ4n) is 4.70. The Morgan fingerprint density at radius 1 is 1.09 bits per heavy atom. The Hall–Kier alpha value is -3.49. The van der Waals surface area contributed by atoms with Crippen molar-refractivity contribution in [3.05, 3.63) is 82.0 Å². The summed E-state index contributed by atoms with van der Waals surface area (Å²) in [5.74, 6) is -0.388. The molecule has 3 aromatic heterocycles. The highest BCUT2D eigenvalue weighted by Gasteiger charge is 2.28. The zero-order valence-electron chi connectivity index (χ0n) is 19.0. The van der Waals surface area contributed by atoms with E-state index >= 15 is 0 Å². The first-order chi connectivity index (χ1) is 16.5. The molecular formula is C26H29N5O3. The number of aliphatic hydroxyl groups is 1. The Morgan fingerprint density at radius 2 is 1.94 bits per heavy atom. The summed E-state index contributed by atoms with van der Waals surface area (Å²) in [6.07, 6.45) is 6.76. The Morgan fingerprint density at radius 3 is 2.79 bits per heavy atom. The van der Waals surface area contributed by atoms with Crippen molar-refractivity contribution in [1.82, 2.24) is 25.0 Å². The van der Waals surface area contributed by atoms with Gasteiger partial charge >= 0.3 is 0 Å². The van der Waals surface area contributed by atoms with Gasteiger partial charge in [-0.05, 0) is 48.1 Å². The van der Waals surface area contributed by atoms with Gasteiger partial charge in [0.25, 0.3) is 11.5 Å². The Bertz CT molecular complexity index is 1380. The van der Waals surface area contributed by atoms with Crippen LogP contribution in [0.15, 0.2) is 59.5 Å². The third-order valence-corrected chi connectivity index (χ3v) is 6.55. The van der Waals surface area contributed by atoms with Crippen LogP contribution < -0.4 is 16.2 Å². The molecule has 176 valence electrons. The van der Waals surface area contributed by atoms with E-state index in [1.165, 1.54) is 16.9 Å². The van der Waals surface area contributed by atoms with E-state index in [9.17, 15) is 14.7 Å². The summed E-state index contributed by atoms with van der Waals surface area (Å²) in [7, 11) is 0. The predicted molar refractivity (Wildman–Crippen MR) is 131 cm³/mol. The average molecular weight is 460 g/mol. The normalized spacial score (nSPS) is 15.6. The highest BCUT2D eigenvalue weighted by atomic mass is 16.3. The summed E-state index contributed by atoms with van der Waals surface area (Å²) in [5, 5.41) is 18.0. The maximum absolute atomic E-state index is 12.6. The number of aromatic amines is 1. The molecule has 0 unspecified atom stereocenters. The first kappa shape index (κ1) is 22.3. The molecule has 0 bridgehead atoms. The van der Waals surface area contributed by atoms with Crippen LogP contribution >= 0.6 is 0 Å². The molecule has 8 nitrogen and oxygen atoms in total. The zero-order chi connectivity index (χ0) is 23.5. The van der Waals surface area contributed by atoms with Crippen molar-refractivity contribution in [2.75, 3.05) is 6.54 Å². The van der Waals surface area contributed by atoms with E-state index in [4.69, 9.17) is 0 Å². The molecular weight excluding hydrogens is 430 g/mol. The lowest BCUT2D eigenvalue weighted by molar-refractivity contribution is 0.00462. The van der Waals surface area contributed by atoms with Crippen LogP contribution in [-0.2, 0) is 13.1 Å². The van der Waals surface area contributed by atoms with E-state index < -0.39 is 5.60 Å². The third kappa shape index (κ3) is 4.88. The SMILES string of the molecule is O=C(NCc1ccc2cc(CNCC3(O)CCCCC3)[nH]c2c1)c1cc(=O)n2ccccc2n1. The fourth-order valence-corrected chi connectivity index (χ4v) is 4.70. The number of rotatable bonds is 7. The maximum atomic E-state index is 12.6. The van der Waals surface area contributed by atoms with Crippen LogP contribution in [0.4, 0.5) is 0 Å². The van der Waals surface area contributed by atoms with Crippen LogP contribution in [0.1, 0.15) is 53.8 Å². The molecule has 3 heterocycles. The van der Waals surface area contributed by atoms with Crippen LogP contribution in [0.5, 0.6) is 0 Å². The molecule has 0 aliphatic heterocycles. The Balaban J connectivity index is 1.21. The lowest BCUT2D eigenvalue weighted by Gasteiger charge is -2.32. The molecule has 4 aromatic rings. The molecule has 1 amide bonds. The van der Waals surface area contributed by atoms with Gasteiger partial charge in [-0.1, -0.05) is 37.5 Å². The standard InChI is InChI=1S/C26H29N5O3/c32-24-14-22(30-23-6-2-5-11-31(23)24)25(33)28-15-18-7-8-19-13-20(29-21(19)12-18)16-27-17-26(34)9-3-1-4-10-26/h2,5-8,11-14,27,29,34H,1,3-4,9-10,15-17H2,(H,28,33). The summed E-state index contributed by atoms with van der Waals surface area (Å²) in [6, 6.07) is 14.6. The van der Waals surface area contributed by atoms with Gasteiger partial charge in [0.05, 0.1) is 5.60 Å². The van der Waals surface area contributed by atoms with E-state index in [1.54, 1.807) is 24.4 Å². The highest BCUT2D eigenvalue weighted by Crippen LogP contribution is 2.27. The predicted octanol–water partition coefficient (Wildman–Crippen LogP) is 2.89. The topological polar surface area (TPSA) is 112 Å². The molecule has 34 heavy (non-hydrogen) atoms. The van der Waals surface area contributed by atoms with E-state index in [2.05, 4.69) is 26.7 Å². The Labute approximate surface area is 197 Å². The van der Waals surface area contributed by atoms with Crippen LogP contribution in [-0.4, -0.2) is 37.5 Å². The van der Waals surface area contributed by atoms with Gasteiger partial charge in [-0.15, -0.1) is 0 Å². The van der Waals surface area contributed by atoms with Crippen molar-refractivity contribution in [3.63, 3.8) is 0 Å². The third-order valence-electron chi connectivity index (χ3n) is 6.55. The molecule has 1 aliphatic carbocycles. The van der Waals surface area contributed by atoms with Crippen molar-refractivity contribution < 1.29 is 9.90 Å². The Kier molecular flexibility index (Phi) is 6.17. The van der Waals surface area contributed by atoms with Gasteiger partial charge in [0.1, 0.15) is 11.3 Å². The van der Waals surface area contributed by atoms with Gasteiger partial charge in [-0.3, -0.25) is 14.0 Å². The largest absolute Gasteiger partial charge is 0.389 e. The quantitative estimate of drug-likeness (QED) is 0.340. The van der Waals surface area contributed by atoms with Crippen molar-refractivity contribution in [2.24, 2.45) is 0 Å². The highest BCUT2D eigenvalue weighted by molar-refractivity contribution is 5.92. The van der Waals surface area contributed by atoms with Crippen LogP contribution in [0.25, 0.3) is 16.6 Å². The molecule has 5 rings (SSSR count). The summed E-state index contributed by atoms with van der Waals surface area (Å²) in [6.45, 7) is 1.59. The molecule has 1 fully saturated rings. The molecule has 4 N–H and O–H groups in total. The number of benzene rings is 1. The van der Waals surface area contributed by atoms with E-state index in [0.29, 0.717) is 25.3 Å².